The number of hydrogen-bond donors (Lipinski definition) is 1. The van der Waals surface area contributed by atoms with E-state index in [9.17, 15) is 4.79 Å². The Kier molecular flexibility index (Phi) is 2.90. The molecule has 0 aliphatic heterocycles. The lowest BCUT2D eigenvalue weighted by Gasteiger charge is -2.05. The molecule has 0 atom stereocenters. The SMILES string of the molecule is COc1ccc(C)c(CC(=O)O)c1. The summed E-state index contributed by atoms with van der Waals surface area (Å²) in [6, 6.07) is 5.43. The quantitative estimate of drug-likeness (QED) is 0.769. The zero-order valence-corrected chi connectivity index (χ0v) is 7.70. The van der Waals surface area contributed by atoms with Crippen LogP contribution in [0.1, 0.15) is 11.1 Å². The van der Waals surface area contributed by atoms with Crippen LogP contribution in [0.4, 0.5) is 0 Å². The van der Waals surface area contributed by atoms with Crippen molar-refractivity contribution in [2.24, 2.45) is 0 Å². The van der Waals surface area contributed by atoms with Crippen molar-refractivity contribution in [3.63, 3.8) is 0 Å². The molecule has 3 nitrogen and oxygen atoms in total. The van der Waals surface area contributed by atoms with Gasteiger partial charge in [0, 0.05) is 0 Å². The van der Waals surface area contributed by atoms with E-state index in [4.69, 9.17) is 9.84 Å². The van der Waals surface area contributed by atoms with E-state index in [1.165, 1.54) is 0 Å². The normalized spacial score (nSPS) is 9.69. The molecule has 0 aliphatic rings. The number of carboxylic acids is 1. The molecular formula is C10H12O3. The summed E-state index contributed by atoms with van der Waals surface area (Å²) in [7, 11) is 1.56. The number of aliphatic carboxylic acids is 1. The van der Waals surface area contributed by atoms with Crippen molar-refractivity contribution in [3.05, 3.63) is 29.3 Å². The van der Waals surface area contributed by atoms with Crippen LogP contribution in [0.5, 0.6) is 5.75 Å². The van der Waals surface area contributed by atoms with Crippen LogP contribution in [-0.4, -0.2) is 18.2 Å². The predicted molar refractivity (Wildman–Crippen MR) is 49.1 cm³/mol. The van der Waals surface area contributed by atoms with E-state index in [1.807, 2.05) is 19.1 Å². The molecular weight excluding hydrogens is 168 g/mol. The topological polar surface area (TPSA) is 46.5 Å². The predicted octanol–water partition coefficient (Wildman–Crippen LogP) is 1.63. The average molecular weight is 180 g/mol. The summed E-state index contributed by atoms with van der Waals surface area (Å²) in [4.78, 5) is 10.5. The maximum Gasteiger partial charge on any atom is 0.307 e. The molecule has 0 bridgehead atoms. The van der Waals surface area contributed by atoms with Gasteiger partial charge in [-0.3, -0.25) is 4.79 Å². The summed E-state index contributed by atoms with van der Waals surface area (Å²) in [6.45, 7) is 1.89. The number of rotatable bonds is 3. The second-order valence-corrected chi connectivity index (χ2v) is 2.86. The maximum atomic E-state index is 10.5. The highest BCUT2D eigenvalue weighted by Gasteiger charge is 2.04. The van der Waals surface area contributed by atoms with Crippen molar-refractivity contribution in [3.8, 4) is 5.75 Å². The molecule has 1 N–H and O–H groups in total. The molecule has 1 rings (SSSR count). The van der Waals surface area contributed by atoms with E-state index >= 15 is 0 Å². The number of hydrogen-bond acceptors (Lipinski definition) is 2. The maximum absolute atomic E-state index is 10.5. The lowest BCUT2D eigenvalue weighted by Crippen LogP contribution is -2.02. The number of carboxylic acid groups (broad SMARTS) is 1. The van der Waals surface area contributed by atoms with Crippen LogP contribution in [-0.2, 0) is 11.2 Å². The summed E-state index contributed by atoms with van der Waals surface area (Å²) in [6.07, 6.45) is 0.0447. The Morgan fingerprint density at radius 3 is 2.77 bits per heavy atom. The van der Waals surface area contributed by atoms with E-state index in [2.05, 4.69) is 0 Å². The van der Waals surface area contributed by atoms with Crippen LogP contribution in [0, 0.1) is 6.92 Å². The second-order valence-electron chi connectivity index (χ2n) is 2.86. The van der Waals surface area contributed by atoms with Crippen molar-refractivity contribution < 1.29 is 14.6 Å². The van der Waals surface area contributed by atoms with E-state index in [0.717, 1.165) is 11.1 Å². The largest absolute Gasteiger partial charge is 0.497 e. The van der Waals surface area contributed by atoms with Crippen LogP contribution < -0.4 is 4.74 Å². The number of carbonyl (C=O) groups is 1. The summed E-state index contributed by atoms with van der Waals surface area (Å²) >= 11 is 0. The van der Waals surface area contributed by atoms with E-state index in [1.54, 1.807) is 13.2 Å². The third-order valence-electron chi connectivity index (χ3n) is 1.90. The Labute approximate surface area is 77.0 Å². The monoisotopic (exact) mass is 180 g/mol. The standard InChI is InChI=1S/C10H12O3/c1-7-3-4-9(13-2)5-8(7)6-10(11)12/h3-5H,6H2,1-2H3,(H,11,12). The van der Waals surface area contributed by atoms with Crippen LogP contribution in [0.25, 0.3) is 0 Å². The van der Waals surface area contributed by atoms with Gasteiger partial charge in [0.05, 0.1) is 13.5 Å². The Hall–Kier alpha value is -1.51. The van der Waals surface area contributed by atoms with E-state index < -0.39 is 5.97 Å². The highest BCUT2D eigenvalue weighted by atomic mass is 16.5. The van der Waals surface area contributed by atoms with Crippen molar-refractivity contribution in [1.29, 1.82) is 0 Å². The van der Waals surface area contributed by atoms with Crippen LogP contribution in [0.2, 0.25) is 0 Å². The van der Waals surface area contributed by atoms with Gasteiger partial charge in [-0.25, -0.2) is 0 Å². The van der Waals surface area contributed by atoms with Crippen molar-refractivity contribution in [2.75, 3.05) is 7.11 Å². The third kappa shape index (κ3) is 2.47. The van der Waals surface area contributed by atoms with Gasteiger partial charge < -0.3 is 9.84 Å². The molecule has 0 fully saturated rings. The van der Waals surface area contributed by atoms with E-state index in [-0.39, 0.29) is 6.42 Å². The van der Waals surface area contributed by atoms with Crippen molar-refractivity contribution in [2.45, 2.75) is 13.3 Å². The second kappa shape index (κ2) is 3.94. The molecule has 70 valence electrons. The smallest absolute Gasteiger partial charge is 0.307 e. The lowest BCUT2D eigenvalue weighted by molar-refractivity contribution is -0.136. The summed E-state index contributed by atoms with van der Waals surface area (Å²) in [5.41, 5.74) is 1.77. The Balaban J connectivity index is 2.96. The first-order valence-electron chi connectivity index (χ1n) is 3.99. The first kappa shape index (κ1) is 9.58. The van der Waals surface area contributed by atoms with Gasteiger partial charge in [-0.05, 0) is 30.2 Å². The molecule has 0 amide bonds. The summed E-state index contributed by atoms with van der Waals surface area (Å²) < 4.78 is 5.00. The molecule has 13 heavy (non-hydrogen) atoms. The molecule has 0 radical (unpaired) electrons. The fourth-order valence-electron chi connectivity index (χ4n) is 1.13. The van der Waals surface area contributed by atoms with Gasteiger partial charge in [-0.1, -0.05) is 6.07 Å². The molecule has 0 heterocycles. The van der Waals surface area contributed by atoms with Gasteiger partial charge in [0.2, 0.25) is 0 Å². The molecule has 0 unspecified atom stereocenters. The first-order chi connectivity index (χ1) is 6.13. The Morgan fingerprint density at radius 2 is 2.23 bits per heavy atom. The molecule has 0 saturated heterocycles. The highest BCUT2D eigenvalue weighted by Crippen LogP contribution is 2.17. The summed E-state index contributed by atoms with van der Waals surface area (Å²) in [5, 5.41) is 8.61. The van der Waals surface area contributed by atoms with Gasteiger partial charge in [-0.2, -0.15) is 0 Å². The van der Waals surface area contributed by atoms with Gasteiger partial charge in [0.1, 0.15) is 5.75 Å². The van der Waals surface area contributed by atoms with Crippen LogP contribution in [0.15, 0.2) is 18.2 Å². The Bertz CT molecular complexity index is 318. The molecule has 0 aliphatic carbocycles. The van der Waals surface area contributed by atoms with Gasteiger partial charge in [0.25, 0.3) is 0 Å². The molecule has 1 aromatic carbocycles. The van der Waals surface area contributed by atoms with Crippen LogP contribution in [0.3, 0.4) is 0 Å². The molecule has 1 aromatic rings. The van der Waals surface area contributed by atoms with Gasteiger partial charge >= 0.3 is 5.97 Å². The Morgan fingerprint density at radius 1 is 1.54 bits per heavy atom. The highest BCUT2D eigenvalue weighted by molar-refractivity contribution is 5.71. The fraction of sp³-hybridized carbons (Fsp3) is 0.300. The zero-order valence-electron chi connectivity index (χ0n) is 7.70. The minimum Gasteiger partial charge on any atom is -0.497 e. The minimum absolute atomic E-state index is 0.0447. The minimum atomic E-state index is -0.823. The number of ether oxygens (including phenoxy) is 1. The van der Waals surface area contributed by atoms with Crippen molar-refractivity contribution in [1.82, 2.24) is 0 Å². The lowest BCUT2D eigenvalue weighted by atomic mass is 10.1. The number of methoxy groups -OCH3 is 1. The summed E-state index contributed by atoms with van der Waals surface area (Å²) in [5.74, 6) is -0.127. The van der Waals surface area contributed by atoms with Gasteiger partial charge in [0.15, 0.2) is 0 Å². The number of benzene rings is 1. The zero-order chi connectivity index (χ0) is 9.84. The number of aryl methyl sites for hydroxylation is 1. The first-order valence-corrected chi connectivity index (χ1v) is 3.99. The molecule has 0 spiro atoms. The van der Waals surface area contributed by atoms with Crippen LogP contribution >= 0.6 is 0 Å². The van der Waals surface area contributed by atoms with Gasteiger partial charge in [-0.15, -0.1) is 0 Å². The van der Waals surface area contributed by atoms with Crippen molar-refractivity contribution >= 4 is 5.97 Å². The van der Waals surface area contributed by atoms with E-state index in [0.29, 0.717) is 5.75 Å². The fourth-order valence-corrected chi connectivity index (χ4v) is 1.13. The molecule has 0 aromatic heterocycles. The molecule has 0 saturated carbocycles. The molecule has 3 heteroatoms. The third-order valence-corrected chi connectivity index (χ3v) is 1.90. The average Bonchev–Trinajstić information content (AvgIpc) is 2.08.